The molecule has 69 heavy (non-hydrogen) atoms. The Morgan fingerprint density at radius 2 is 1.09 bits per heavy atom. The summed E-state index contributed by atoms with van der Waals surface area (Å²) in [6.45, 7) is 17.5. The molecule has 0 saturated heterocycles. The van der Waals surface area contributed by atoms with E-state index in [0.717, 1.165) is 66.9 Å². The zero-order valence-electron chi connectivity index (χ0n) is 38.3. The molecule has 0 N–H and O–H groups in total. The first kappa shape index (κ1) is 43.7. The fraction of sp³-hybridized carbons (Fsp3) is 0.0156. The van der Waals surface area contributed by atoms with Crippen LogP contribution in [0.5, 0.6) is 0 Å². The number of hydrogen-bond acceptors (Lipinski definition) is 3. The molecule has 0 fully saturated rings. The highest BCUT2D eigenvalue weighted by Crippen LogP contribution is 2.34. The summed E-state index contributed by atoms with van der Waals surface area (Å²) in [6.07, 6.45) is 16.9. The predicted molar refractivity (Wildman–Crippen MR) is 292 cm³/mol. The van der Waals surface area contributed by atoms with Crippen molar-refractivity contribution in [2.24, 2.45) is 0 Å². The Hall–Kier alpha value is -9.19. The van der Waals surface area contributed by atoms with Gasteiger partial charge in [0.05, 0.1) is 16.6 Å². The Kier molecular flexibility index (Phi) is 12.5. The largest absolute Gasteiger partial charge is 0.310 e. The van der Waals surface area contributed by atoms with E-state index in [0.29, 0.717) is 23.9 Å². The normalized spacial score (nSPS) is 12.0. The van der Waals surface area contributed by atoms with Crippen LogP contribution in [0.2, 0.25) is 0 Å². The second kappa shape index (κ2) is 19.7. The van der Waals surface area contributed by atoms with Crippen molar-refractivity contribution in [3.05, 3.63) is 285 Å². The van der Waals surface area contributed by atoms with Gasteiger partial charge in [-0.25, -0.2) is 15.0 Å². The highest BCUT2D eigenvalue weighted by atomic mass is 15.0. The number of para-hydroxylation sites is 2. The smallest absolute Gasteiger partial charge is 0.164 e. The van der Waals surface area contributed by atoms with Crippen LogP contribution in [0.4, 0.5) is 0 Å². The first-order chi connectivity index (χ1) is 33.9. The van der Waals surface area contributed by atoms with Crippen molar-refractivity contribution in [2.45, 2.75) is 6.42 Å². The van der Waals surface area contributed by atoms with Crippen LogP contribution >= 0.6 is 0 Å². The fourth-order valence-corrected chi connectivity index (χ4v) is 8.69. The Labute approximate surface area is 403 Å². The topological polar surface area (TPSA) is 48.5 Å². The van der Waals surface area contributed by atoms with E-state index in [1.165, 1.54) is 27.5 Å². The summed E-state index contributed by atoms with van der Waals surface area (Å²) in [5, 5.41) is 3.50. The summed E-state index contributed by atoms with van der Waals surface area (Å²) >= 11 is 0. The Bertz CT molecular complexity index is 3620. The molecule has 0 unspecified atom stereocenters. The van der Waals surface area contributed by atoms with Crippen LogP contribution in [0.25, 0.3) is 89.6 Å². The molecule has 0 amide bonds. The minimum Gasteiger partial charge on any atom is -0.310 e. The van der Waals surface area contributed by atoms with Crippen LogP contribution in [0.15, 0.2) is 268 Å². The molecule has 7 aromatic carbocycles. The average Bonchev–Trinajstić information content (AvgIpc) is 3.95. The van der Waals surface area contributed by atoms with E-state index < -0.39 is 0 Å². The Morgan fingerprint density at radius 3 is 1.77 bits per heavy atom. The zero-order chi connectivity index (χ0) is 47.1. The minimum atomic E-state index is 0.562. The van der Waals surface area contributed by atoms with Gasteiger partial charge in [0.1, 0.15) is 0 Å². The quantitative estimate of drug-likeness (QED) is 0.0964. The Balaban J connectivity index is 0.877. The summed E-state index contributed by atoms with van der Waals surface area (Å²) in [7, 11) is 0. The third-order valence-electron chi connectivity index (χ3n) is 12.3. The molecule has 0 aliphatic carbocycles. The third kappa shape index (κ3) is 9.31. The summed E-state index contributed by atoms with van der Waals surface area (Å²) < 4.78 is 4.52. The molecule has 5 heteroatoms. The number of fused-ring (bicyclic) bond motifs is 4. The maximum Gasteiger partial charge on any atom is 0.164 e. The molecule has 3 heterocycles. The molecule has 330 valence electrons. The van der Waals surface area contributed by atoms with Crippen molar-refractivity contribution in [3.8, 4) is 39.6 Å². The molecule has 0 aliphatic heterocycles. The van der Waals surface area contributed by atoms with E-state index in [1.807, 2.05) is 97.1 Å². The summed E-state index contributed by atoms with van der Waals surface area (Å²) in [5.41, 5.74) is 14.1. The summed E-state index contributed by atoms with van der Waals surface area (Å²) in [4.78, 5) is 14.6. The van der Waals surface area contributed by atoms with Crippen molar-refractivity contribution in [1.29, 1.82) is 0 Å². The second-order valence-corrected chi connectivity index (χ2v) is 16.8. The molecule has 10 aromatic rings. The molecule has 0 spiro atoms. The highest BCUT2D eigenvalue weighted by molar-refractivity contribution is 6.10. The standard InChI is InChI=1S/C64H49N5/c1-5-49(62-65-63(52-25-11-7-12-26-52)67-64(66-62)53-27-13-8-14-28-53)22-16-15-21-48-36-42-58-57-30-18-20-32-60(57)68(61(58)43-48)47(4)35-33-45(2)46(3)34-39-56-44-54-29-17-19-31-59(54)69(56)55-40-37-51(38-41-55)50-23-9-6-10-24-50/h5-20,22-44H,1-4,21H2/b16-15-,35-33-,39-34-,49-22+. The van der Waals surface area contributed by atoms with Gasteiger partial charge in [0, 0.05) is 49.9 Å². The number of hydrogen-bond donors (Lipinski definition) is 0. The average molecular weight is 888 g/mol. The van der Waals surface area contributed by atoms with Gasteiger partial charge in [0.2, 0.25) is 0 Å². The lowest BCUT2D eigenvalue weighted by Gasteiger charge is -2.11. The van der Waals surface area contributed by atoms with Gasteiger partial charge in [-0.1, -0.05) is 214 Å². The lowest BCUT2D eigenvalue weighted by molar-refractivity contribution is 1.04. The van der Waals surface area contributed by atoms with Gasteiger partial charge in [-0.05, 0) is 82.8 Å². The summed E-state index contributed by atoms with van der Waals surface area (Å²) in [5.74, 6) is 1.78. The van der Waals surface area contributed by atoms with Crippen molar-refractivity contribution in [2.75, 3.05) is 0 Å². The number of nitrogens with zero attached hydrogens (tertiary/aromatic N) is 5. The number of rotatable bonds is 15. The lowest BCUT2D eigenvalue weighted by Crippen LogP contribution is -2.02. The molecule has 10 rings (SSSR count). The van der Waals surface area contributed by atoms with Gasteiger partial charge in [-0.3, -0.25) is 0 Å². The van der Waals surface area contributed by atoms with Crippen molar-refractivity contribution >= 4 is 50.1 Å². The lowest BCUT2D eigenvalue weighted by atomic mass is 10.1. The Morgan fingerprint density at radius 1 is 0.507 bits per heavy atom. The maximum absolute atomic E-state index is 4.88. The van der Waals surface area contributed by atoms with Crippen molar-refractivity contribution in [1.82, 2.24) is 24.1 Å². The molecule has 5 nitrogen and oxygen atoms in total. The second-order valence-electron chi connectivity index (χ2n) is 16.8. The molecular weight excluding hydrogens is 839 g/mol. The number of allylic oxidation sites excluding steroid dienone is 11. The zero-order valence-corrected chi connectivity index (χ0v) is 38.3. The fourth-order valence-electron chi connectivity index (χ4n) is 8.69. The van der Waals surface area contributed by atoms with Crippen LogP contribution in [0, 0.1) is 0 Å². The first-order valence-electron chi connectivity index (χ1n) is 23.0. The first-order valence-corrected chi connectivity index (χ1v) is 23.0. The molecule has 3 aromatic heterocycles. The van der Waals surface area contributed by atoms with E-state index >= 15 is 0 Å². The van der Waals surface area contributed by atoms with E-state index in [9.17, 15) is 0 Å². The monoisotopic (exact) mass is 887 g/mol. The van der Waals surface area contributed by atoms with E-state index in [2.05, 4.69) is 169 Å². The number of benzene rings is 7. The number of aromatic nitrogens is 5. The van der Waals surface area contributed by atoms with Crippen molar-refractivity contribution < 1.29 is 0 Å². The molecular formula is C64H49N5. The molecule has 0 saturated carbocycles. The van der Waals surface area contributed by atoms with Crippen LogP contribution in [0.3, 0.4) is 0 Å². The SMILES string of the molecule is C=C/C(=C\C=C/Cc1ccc2c3ccccc3n(C(=C)/C=C\C(=C)C(=C)/C=C\c3cc4ccccc4n3-c3ccc(-c4ccccc4)cc3)c2c1)c1nc(-c2ccccc2)nc(-c2ccccc2)n1. The molecule has 0 atom stereocenters. The van der Waals surface area contributed by atoms with Crippen LogP contribution < -0.4 is 0 Å². The van der Waals surface area contributed by atoms with Crippen LogP contribution in [-0.2, 0) is 6.42 Å². The maximum atomic E-state index is 4.88. The predicted octanol–water partition coefficient (Wildman–Crippen LogP) is 16.1. The molecule has 0 aliphatic rings. The van der Waals surface area contributed by atoms with Gasteiger partial charge in [0.25, 0.3) is 0 Å². The minimum absolute atomic E-state index is 0.562. The summed E-state index contributed by atoms with van der Waals surface area (Å²) in [6, 6.07) is 65.0. The highest BCUT2D eigenvalue weighted by Gasteiger charge is 2.15. The third-order valence-corrected chi connectivity index (χ3v) is 12.3. The van der Waals surface area contributed by atoms with E-state index in [-0.39, 0.29) is 0 Å². The van der Waals surface area contributed by atoms with Gasteiger partial charge in [-0.2, -0.15) is 0 Å². The van der Waals surface area contributed by atoms with Crippen LogP contribution in [-0.4, -0.2) is 24.1 Å². The van der Waals surface area contributed by atoms with Gasteiger partial charge < -0.3 is 9.13 Å². The van der Waals surface area contributed by atoms with Gasteiger partial charge >= 0.3 is 0 Å². The van der Waals surface area contributed by atoms with Crippen molar-refractivity contribution in [3.63, 3.8) is 0 Å². The molecule has 0 radical (unpaired) electrons. The molecule has 0 bridgehead atoms. The van der Waals surface area contributed by atoms with E-state index in [4.69, 9.17) is 15.0 Å². The van der Waals surface area contributed by atoms with Crippen LogP contribution in [0.1, 0.15) is 17.1 Å². The van der Waals surface area contributed by atoms with Gasteiger partial charge in [0.15, 0.2) is 17.5 Å². The van der Waals surface area contributed by atoms with Gasteiger partial charge in [-0.15, -0.1) is 0 Å². The van der Waals surface area contributed by atoms with E-state index in [1.54, 1.807) is 6.08 Å².